The first-order chi connectivity index (χ1) is 9.78. The van der Waals surface area contributed by atoms with Crippen LogP contribution in [-0.2, 0) is 11.3 Å². The van der Waals surface area contributed by atoms with E-state index in [0.29, 0.717) is 37.9 Å². The molecule has 2 aromatic heterocycles. The molecule has 0 aliphatic rings. The number of nitrogens with one attached hydrogen (secondary N) is 1. The third-order valence-electron chi connectivity index (χ3n) is 2.90. The number of thiophene rings is 1. The van der Waals surface area contributed by atoms with E-state index in [0.717, 1.165) is 10.2 Å². The monoisotopic (exact) mass is 297 g/mol. The van der Waals surface area contributed by atoms with Gasteiger partial charge in [0.15, 0.2) is 5.82 Å². The highest BCUT2D eigenvalue weighted by atomic mass is 32.1. The van der Waals surface area contributed by atoms with Crippen LogP contribution < -0.4 is 11.3 Å². The SMILES string of the molecule is COCCN(CCO)Cc1nc(NN)c2ccsc2n1. The molecule has 20 heavy (non-hydrogen) atoms. The maximum absolute atomic E-state index is 9.10. The molecule has 0 saturated carbocycles. The summed E-state index contributed by atoms with van der Waals surface area (Å²) in [4.78, 5) is 11.9. The lowest BCUT2D eigenvalue weighted by Gasteiger charge is -2.20. The molecule has 0 spiro atoms. The van der Waals surface area contributed by atoms with E-state index in [2.05, 4.69) is 15.4 Å². The Hall–Kier alpha value is -1.32. The number of aliphatic hydroxyl groups excluding tert-OH is 1. The number of anilines is 1. The van der Waals surface area contributed by atoms with E-state index >= 15 is 0 Å². The van der Waals surface area contributed by atoms with Crippen molar-refractivity contribution in [3.05, 3.63) is 17.3 Å². The first-order valence-electron chi connectivity index (χ1n) is 6.31. The molecular formula is C12H19N5O2S. The second-order valence-corrected chi connectivity index (χ2v) is 5.16. The zero-order valence-corrected chi connectivity index (χ0v) is 12.2. The van der Waals surface area contributed by atoms with Gasteiger partial charge in [-0.25, -0.2) is 15.8 Å². The molecule has 0 unspecified atom stereocenters. The van der Waals surface area contributed by atoms with Crippen molar-refractivity contribution >= 4 is 27.4 Å². The molecule has 7 nitrogen and oxygen atoms in total. The van der Waals surface area contributed by atoms with Crippen molar-refractivity contribution in [2.45, 2.75) is 6.54 Å². The molecule has 0 saturated heterocycles. The van der Waals surface area contributed by atoms with Crippen molar-refractivity contribution in [1.29, 1.82) is 0 Å². The normalized spacial score (nSPS) is 11.4. The molecule has 2 rings (SSSR count). The molecule has 0 aliphatic heterocycles. The average Bonchev–Trinajstić information content (AvgIpc) is 2.92. The number of hydrogen-bond donors (Lipinski definition) is 3. The fraction of sp³-hybridized carbons (Fsp3) is 0.500. The number of rotatable bonds is 8. The van der Waals surface area contributed by atoms with Crippen LogP contribution in [0.15, 0.2) is 11.4 Å². The Morgan fingerprint density at radius 3 is 3.00 bits per heavy atom. The Balaban J connectivity index is 2.17. The van der Waals surface area contributed by atoms with Crippen molar-refractivity contribution in [3.8, 4) is 0 Å². The molecule has 2 aromatic rings. The highest BCUT2D eigenvalue weighted by Crippen LogP contribution is 2.24. The molecule has 0 atom stereocenters. The van der Waals surface area contributed by atoms with Crippen molar-refractivity contribution in [3.63, 3.8) is 0 Å². The number of ether oxygens (including phenoxy) is 1. The van der Waals surface area contributed by atoms with Crippen LogP contribution in [0.2, 0.25) is 0 Å². The van der Waals surface area contributed by atoms with Gasteiger partial charge >= 0.3 is 0 Å². The molecule has 0 aromatic carbocycles. The molecule has 2 heterocycles. The van der Waals surface area contributed by atoms with Crippen molar-refractivity contribution < 1.29 is 9.84 Å². The van der Waals surface area contributed by atoms with E-state index in [1.54, 1.807) is 18.4 Å². The summed E-state index contributed by atoms with van der Waals surface area (Å²) in [5.74, 6) is 6.81. The van der Waals surface area contributed by atoms with E-state index in [9.17, 15) is 0 Å². The molecule has 110 valence electrons. The van der Waals surface area contributed by atoms with Crippen LogP contribution in [0.4, 0.5) is 5.82 Å². The van der Waals surface area contributed by atoms with Gasteiger partial charge in [-0.15, -0.1) is 11.3 Å². The number of hydrogen-bond acceptors (Lipinski definition) is 8. The van der Waals surface area contributed by atoms with Crippen LogP contribution in [0.1, 0.15) is 5.82 Å². The molecule has 0 fully saturated rings. The van der Waals surface area contributed by atoms with Crippen molar-refractivity contribution in [1.82, 2.24) is 14.9 Å². The van der Waals surface area contributed by atoms with Gasteiger partial charge in [0.25, 0.3) is 0 Å². The van der Waals surface area contributed by atoms with E-state index < -0.39 is 0 Å². The summed E-state index contributed by atoms with van der Waals surface area (Å²) in [5.41, 5.74) is 2.61. The van der Waals surface area contributed by atoms with Gasteiger partial charge in [0, 0.05) is 20.2 Å². The lowest BCUT2D eigenvalue weighted by Crippen LogP contribution is -2.30. The van der Waals surface area contributed by atoms with Gasteiger partial charge in [-0.05, 0) is 11.4 Å². The minimum Gasteiger partial charge on any atom is -0.395 e. The van der Waals surface area contributed by atoms with Crippen LogP contribution in [-0.4, -0.2) is 53.4 Å². The molecule has 0 bridgehead atoms. The number of nitrogen functional groups attached to an aromatic ring is 1. The van der Waals surface area contributed by atoms with Gasteiger partial charge in [-0.3, -0.25) is 4.90 Å². The van der Waals surface area contributed by atoms with E-state index in [1.807, 2.05) is 16.3 Å². The quantitative estimate of drug-likeness (QED) is 0.480. The van der Waals surface area contributed by atoms with Gasteiger partial charge in [0.2, 0.25) is 0 Å². The molecule has 0 aliphatic carbocycles. The third kappa shape index (κ3) is 3.62. The molecule has 4 N–H and O–H groups in total. The van der Waals surface area contributed by atoms with Crippen LogP contribution in [0.3, 0.4) is 0 Å². The topological polar surface area (TPSA) is 96.5 Å². The highest BCUT2D eigenvalue weighted by molar-refractivity contribution is 7.16. The van der Waals surface area contributed by atoms with E-state index in [4.69, 9.17) is 15.7 Å². The Morgan fingerprint density at radius 1 is 1.45 bits per heavy atom. The number of aromatic nitrogens is 2. The van der Waals surface area contributed by atoms with Crippen LogP contribution in [0, 0.1) is 0 Å². The molecular weight excluding hydrogens is 278 g/mol. The summed E-state index contributed by atoms with van der Waals surface area (Å²) in [6.07, 6.45) is 0. The number of aliphatic hydroxyl groups is 1. The first-order valence-corrected chi connectivity index (χ1v) is 7.19. The summed E-state index contributed by atoms with van der Waals surface area (Å²) in [5, 5.41) is 12.0. The van der Waals surface area contributed by atoms with Crippen LogP contribution >= 0.6 is 11.3 Å². The standard InChI is InChI=1S/C12H19N5O2S/c1-19-6-4-17(3-5-18)8-10-14-11(16-13)9-2-7-20-12(9)15-10/h2,7,18H,3-6,8,13H2,1H3,(H,14,15,16). The molecule has 0 radical (unpaired) electrons. The molecule has 0 amide bonds. The van der Waals surface area contributed by atoms with Crippen molar-refractivity contribution in [2.75, 3.05) is 38.8 Å². The lowest BCUT2D eigenvalue weighted by atomic mass is 10.3. The van der Waals surface area contributed by atoms with Gasteiger partial charge in [0.05, 0.1) is 25.1 Å². The predicted molar refractivity (Wildman–Crippen MR) is 79.5 cm³/mol. The third-order valence-corrected chi connectivity index (χ3v) is 3.71. The zero-order valence-electron chi connectivity index (χ0n) is 11.4. The molecule has 8 heteroatoms. The van der Waals surface area contributed by atoms with Crippen LogP contribution in [0.25, 0.3) is 10.2 Å². The lowest BCUT2D eigenvalue weighted by molar-refractivity contribution is 0.125. The Morgan fingerprint density at radius 2 is 2.30 bits per heavy atom. The second kappa shape index (κ2) is 7.46. The first kappa shape index (κ1) is 15.1. The zero-order chi connectivity index (χ0) is 14.4. The number of methoxy groups -OCH3 is 1. The largest absolute Gasteiger partial charge is 0.395 e. The fourth-order valence-electron chi connectivity index (χ4n) is 1.91. The Labute approximate surface area is 121 Å². The summed E-state index contributed by atoms with van der Waals surface area (Å²) in [6, 6.07) is 1.94. The minimum atomic E-state index is 0.0902. The summed E-state index contributed by atoms with van der Waals surface area (Å²) in [6.45, 7) is 2.51. The van der Waals surface area contributed by atoms with Gasteiger partial charge < -0.3 is 15.3 Å². The van der Waals surface area contributed by atoms with Crippen molar-refractivity contribution in [2.24, 2.45) is 5.84 Å². The van der Waals surface area contributed by atoms with Crippen LogP contribution in [0.5, 0.6) is 0 Å². The fourth-order valence-corrected chi connectivity index (χ4v) is 2.69. The summed E-state index contributed by atoms with van der Waals surface area (Å²) in [7, 11) is 1.65. The Bertz CT molecular complexity index is 548. The van der Waals surface area contributed by atoms with E-state index in [1.165, 1.54) is 0 Å². The average molecular weight is 297 g/mol. The number of hydrazine groups is 1. The second-order valence-electron chi connectivity index (χ2n) is 4.26. The highest BCUT2D eigenvalue weighted by Gasteiger charge is 2.11. The smallest absolute Gasteiger partial charge is 0.152 e. The van der Waals surface area contributed by atoms with Gasteiger partial charge in [-0.1, -0.05) is 0 Å². The number of fused-ring (bicyclic) bond motifs is 1. The van der Waals surface area contributed by atoms with Gasteiger partial charge in [0.1, 0.15) is 10.7 Å². The predicted octanol–water partition coefficient (Wildman–Crippen LogP) is 0.418. The van der Waals surface area contributed by atoms with E-state index in [-0.39, 0.29) is 6.61 Å². The summed E-state index contributed by atoms with van der Waals surface area (Å²) < 4.78 is 5.06. The number of nitrogens with zero attached hydrogens (tertiary/aromatic N) is 3. The Kier molecular flexibility index (Phi) is 5.62. The number of nitrogens with two attached hydrogens (primary N) is 1. The van der Waals surface area contributed by atoms with Gasteiger partial charge in [-0.2, -0.15) is 0 Å². The maximum atomic E-state index is 9.10. The minimum absolute atomic E-state index is 0.0902. The summed E-state index contributed by atoms with van der Waals surface area (Å²) >= 11 is 1.55. The maximum Gasteiger partial charge on any atom is 0.152 e.